The summed E-state index contributed by atoms with van der Waals surface area (Å²) in [4.78, 5) is 93.0. The number of morpholine rings is 1. The number of anilines is 2. The van der Waals surface area contributed by atoms with Crippen LogP contribution >= 0.6 is 0 Å². The lowest BCUT2D eigenvalue weighted by molar-refractivity contribution is -0.167. The van der Waals surface area contributed by atoms with Crippen LogP contribution in [0.3, 0.4) is 0 Å². The van der Waals surface area contributed by atoms with Crippen molar-refractivity contribution in [1.29, 1.82) is 5.26 Å². The van der Waals surface area contributed by atoms with Crippen molar-refractivity contribution in [2.75, 3.05) is 30.5 Å². The number of fused-ring (bicyclic) bond motifs is 1. The summed E-state index contributed by atoms with van der Waals surface area (Å²) in [5.41, 5.74) is -1.54. The molecule has 1 N–H and O–H groups in total. The van der Waals surface area contributed by atoms with E-state index in [-0.39, 0.29) is 36.5 Å². The number of amides is 4. The summed E-state index contributed by atoms with van der Waals surface area (Å²) >= 11 is 0. The van der Waals surface area contributed by atoms with E-state index in [9.17, 15) is 38.8 Å². The van der Waals surface area contributed by atoms with Crippen LogP contribution in [0.4, 0.5) is 21.0 Å². The molecule has 0 spiro atoms. The van der Waals surface area contributed by atoms with Gasteiger partial charge in [0.05, 0.1) is 37.4 Å². The van der Waals surface area contributed by atoms with E-state index < -0.39 is 71.5 Å². The maximum Gasteiger partial charge on any atom is 0.420 e. The zero-order valence-electron chi connectivity index (χ0n) is 31.8. The lowest BCUT2D eigenvalue weighted by atomic mass is 10.1. The van der Waals surface area contributed by atoms with Crippen molar-refractivity contribution in [3.63, 3.8) is 0 Å². The SMILES string of the molecule is COC(=O)Cn1c(=O)ccc2ccc(N3CCO[C@H]([C@@H](OC(C)=O)C(=O)Nc4ccc(C#N)c(CN(C(=O)OC(C)(C)C)C(=O)OC(C)(C)C)c4)C3=O)cc21. The minimum absolute atomic E-state index is 0.0358. The topological polar surface area (TPSA) is 213 Å². The number of carbonyl (C=O) groups excluding carboxylic acids is 6. The van der Waals surface area contributed by atoms with E-state index in [1.807, 2.05) is 6.07 Å². The van der Waals surface area contributed by atoms with Crippen LogP contribution in [0.5, 0.6) is 0 Å². The van der Waals surface area contributed by atoms with E-state index in [4.69, 9.17) is 23.7 Å². The third-order valence-electron chi connectivity index (χ3n) is 7.80. The average Bonchev–Trinajstić information content (AvgIpc) is 3.09. The molecular formula is C38H43N5O12. The first-order valence-electron chi connectivity index (χ1n) is 17.1. The number of rotatable bonds is 9. The van der Waals surface area contributed by atoms with Crippen LogP contribution in [0.2, 0.25) is 0 Å². The van der Waals surface area contributed by atoms with E-state index in [1.165, 1.54) is 46.9 Å². The maximum absolute atomic E-state index is 14.0. The van der Waals surface area contributed by atoms with Gasteiger partial charge in [-0.05, 0) is 88.9 Å². The van der Waals surface area contributed by atoms with Gasteiger partial charge >= 0.3 is 24.1 Å². The number of pyridine rings is 1. The Hall–Kier alpha value is -6.28. The number of benzene rings is 2. The molecular weight excluding hydrogens is 718 g/mol. The minimum Gasteiger partial charge on any atom is -0.468 e. The number of carbonyl (C=O) groups is 6. The first-order valence-corrected chi connectivity index (χ1v) is 17.1. The molecule has 0 bridgehead atoms. The van der Waals surface area contributed by atoms with E-state index >= 15 is 0 Å². The minimum atomic E-state index is -1.80. The highest BCUT2D eigenvalue weighted by Crippen LogP contribution is 2.27. The number of ether oxygens (including phenoxy) is 5. The Balaban J connectivity index is 1.64. The molecule has 1 aliphatic heterocycles. The standard InChI is InChI=1S/C38H43N5O12/c1-22(44)53-31(32-34(48)41(15-16-52-32)27-13-10-23-11-14-29(45)42(28(23)18-27)21-30(46)51-8)33(47)40-26-12-9-24(19-39)25(17-26)20-43(35(49)54-37(2,3)4)36(50)55-38(5,6)7/h9-14,17-18,31-32H,15-16,20-21H2,1-8H3,(H,40,47)/t31-,32-/m1/s1. The van der Waals surface area contributed by atoms with Gasteiger partial charge in [-0.15, -0.1) is 0 Å². The quantitative estimate of drug-likeness (QED) is 0.241. The normalized spacial score (nSPS) is 15.0. The predicted molar refractivity (Wildman–Crippen MR) is 196 cm³/mol. The molecule has 2 atom stereocenters. The van der Waals surface area contributed by atoms with Crippen molar-refractivity contribution in [2.24, 2.45) is 0 Å². The summed E-state index contributed by atoms with van der Waals surface area (Å²) in [6.45, 7) is 9.84. The highest BCUT2D eigenvalue weighted by Gasteiger charge is 2.43. The van der Waals surface area contributed by atoms with Gasteiger partial charge in [0.15, 0.2) is 6.10 Å². The molecule has 2 heterocycles. The summed E-state index contributed by atoms with van der Waals surface area (Å²) in [7, 11) is 1.19. The molecule has 1 aliphatic rings. The number of methoxy groups -OCH3 is 1. The van der Waals surface area contributed by atoms with Gasteiger partial charge in [-0.1, -0.05) is 6.07 Å². The Bertz CT molecular complexity index is 2080. The van der Waals surface area contributed by atoms with Crippen LogP contribution in [0.15, 0.2) is 53.3 Å². The number of hydrogen-bond acceptors (Lipinski definition) is 13. The molecule has 17 heteroatoms. The highest BCUT2D eigenvalue weighted by molar-refractivity contribution is 6.05. The number of hydrogen-bond donors (Lipinski definition) is 1. The Morgan fingerprint density at radius 2 is 1.60 bits per heavy atom. The van der Waals surface area contributed by atoms with Crippen LogP contribution in [0.25, 0.3) is 10.9 Å². The van der Waals surface area contributed by atoms with Crippen molar-refractivity contribution in [3.8, 4) is 6.07 Å². The van der Waals surface area contributed by atoms with Gasteiger partial charge in [-0.3, -0.25) is 28.5 Å². The fourth-order valence-corrected chi connectivity index (χ4v) is 5.44. The Labute approximate surface area is 316 Å². The van der Waals surface area contributed by atoms with Crippen LogP contribution < -0.4 is 15.8 Å². The monoisotopic (exact) mass is 761 g/mol. The molecule has 4 rings (SSSR count). The first kappa shape index (κ1) is 41.5. The maximum atomic E-state index is 14.0. The van der Waals surface area contributed by atoms with Gasteiger partial charge in [-0.25, -0.2) is 14.5 Å². The molecule has 1 fully saturated rings. The van der Waals surface area contributed by atoms with Crippen molar-refractivity contribution in [2.45, 2.75) is 85.0 Å². The molecule has 0 unspecified atom stereocenters. The van der Waals surface area contributed by atoms with Gasteiger partial charge < -0.3 is 33.9 Å². The number of aromatic nitrogens is 1. The average molecular weight is 762 g/mol. The van der Waals surface area contributed by atoms with Crippen molar-refractivity contribution in [3.05, 3.63) is 70.0 Å². The second kappa shape index (κ2) is 16.8. The lowest BCUT2D eigenvalue weighted by Gasteiger charge is -2.35. The summed E-state index contributed by atoms with van der Waals surface area (Å²) in [5.74, 6) is -3.25. The Morgan fingerprint density at radius 1 is 0.964 bits per heavy atom. The van der Waals surface area contributed by atoms with Crippen LogP contribution in [0.1, 0.15) is 59.6 Å². The third kappa shape index (κ3) is 10.7. The smallest absolute Gasteiger partial charge is 0.420 e. The zero-order chi connectivity index (χ0) is 40.8. The molecule has 0 aliphatic carbocycles. The van der Waals surface area contributed by atoms with Crippen LogP contribution in [-0.2, 0) is 56.0 Å². The van der Waals surface area contributed by atoms with Crippen molar-refractivity contribution >= 4 is 58.2 Å². The van der Waals surface area contributed by atoms with Gasteiger partial charge in [0.2, 0.25) is 6.10 Å². The molecule has 0 saturated carbocycles. The van der Waals surface area contributed by atoms with E-state index in [2.05, 4.69) is 5.32 Å². The van der Waals surface area contributed by atoms with Crippen molar-refractivity contribution < 1.29 is 52.5 Å². The summed E-state index contributed by atoms with van der Waals surface area (Å²) in [6, 6.07) is 13.7. The van der Waals surface area contributed by atoms with Crippen LogP contribution in [0, 0.1) is 11.3 Å². The van der Waals surface area contributed by atoms with Gasteiger partial charge in [0, 0.05) is 30.9 Å². The highest BCUT2D eigenvalue weighted by atomic mass is 16.6. The number of nitriles is 1. The second-order valence-electron chi connectivity index (χ2n) is 14.4. The van der Waals surface area contributed by atoms with E-state index in [0.717, 1.165) is 6.92 Å². The molecule has 55 heavy (non-hydrogen) atoms. The molecule has 1 saturated heterocycles. The molecule has 292 valence electrons. The zero-order valence-corrected chi connectivity index (χ0v) is 31.8. The summed E-state index contributed by atoms with van der Waals surface area (Å²) in [6.07, 6.45) is -5.49. The Morgan fingerprint density at radius 3 is 2.18 bits per heavy atom. The molecule has 3 aromatic rings. The van der Waals surface area contributed by atoms with E-state index in [1.54, 1.807) is 59.7 Å². The number of imide groups is 1. The third-order valence-corrected chi connectivity index (χ3v) is 7.80. The first-order chi connectivity index (χ1) is 25.7. The molecule has 17 nitrogen and oxygen atoms in total. The van der Waals surface area contributed by atoms with E-state index in [0.29, 0.717) is 21.5 Å². The van der Waals surface area contributed by atoms with Gasteiger partial charge in [0.1, 0.15) is 17.7 Å². The second-order valence-corrected chi connectivity index (χ2v) is 14.4. The molecule has 0 radical (unpaired) electrons. The number of nitrogens with zero attached hydrogens (tertiary/aromatic N) is 4. The fraction of sp³-hybridized carbons (Fsp3) is 0.421. The number of esters is 2. The van der Waals surface area contributed by atoms with Gasteiger partial charge in [-0.2, -0.15) is 5.26 Å². The fourth-order valence-electron chi connectivity index (χ4n) is 5.44. The number of nitrogens with one attached hydrogen (secondary N) is 1. The summed E-state index contributed by atoms with van der Waals surface area (Å²) in [5, 5.41) is 13.0. The largest absolute Gasteiger partial charge is 0.468 e. The lowest BCUT2D eigenvalue weighted by Crippen LogP contribution is -2.56. The van der Waals surface area contributed by atoms with Crippen molar-refractivity contribution in [1.82, 2.24) is 9.47 Å². The molecule has 4 amide bonds. The Kier molecular flexibility index (Phi) is 12.7. The van der Waals surface area contributed by atoms with Gasteiger partial charge in [0.25, 0.3) is 17.4 Å². The summed E-state index contributed by atoms with van der Waals surface area (Å²) < 4.78 is 27.8. The predicted octanol–water partition coefficient (Wildman–Crippen LogP) is 4.02. The van der Waals surface area contributed by atoms with Crippen LogP contribution in [-0.4, -0.2) is 89.1 Å². The molecule has 1 aromatic heterocycles. The molecule has 2 aromatic carbocycles.